The average Bonchev–Trinajstić information content (AvgIpc) is 2.08. The maximum absolute atomic E-state index is 12.9. The summed E-state index contributed by atoms with van der Waals surface area (Å²) in [6.45, 7) is 5.10. The molecule has 0 saturated carbocycles. The van der Waals surface area contributed by atoms with Crippen LogP contribution in [-0.2, 0) is 4.74 Å². The standard InChI is InChI=1S/C11H14FNO3/c1-11(2,3)16-10(15)6-4-9(14)7(12)5-8(6)13/h4-5,14H,13H2,1-3H3. The molecule has 0 bridgehead atoms. The first-order valence-electron chi connectivity index (χ1n) is 4.72. The quantitative estimate of drug-likeness (QED) is 0.437. The Labute approximate surface area is 92.8 Å². The van der Waals surface area contributed by atoms with Crippen LogP contribution in [0.2, 0.25) is 0 Å². The van der Waals surface area contributed by atoms with E-state index < -0.39 is 23.1 Å². The molecule has 0 aromatic heterocycles. The van der Waals surface area contributed by atoms with Crippen LogP contribution in [0.25, 0.3) is 0 Å². The number of carbonyl (C=O) groups is 1. The van der Waals surface area contributed by atoms with Crippen LogP contribution >= 0.6 is 0 Å². The number of nitrogens with two attached hydrogens (primary N) is 1. The van der Waals surface area contributed by atoms with Crippen molar-refractivity contribution in [3.63, 3.8) is 0 Å². The Morgan fingerprint density at radius 3 is 2.50 bits per heavy atom. The number of aromatic hydroxyl groups is 1. The smallest absolute Gasteiger partial charge is 0.340 e. The molecule has 0 aliphatic heterocycles. The monoisotopic (exact) mass is 227 g/mol. The number of hydrogen-bond acceptors (Lipinski definition) is 4. The van der Waals surface area contributed by atoms with Crippen LogP contribution in [0.3, 0.4) is 0 Å². The first-order chi connectivity index (χ1) is 7.20. The second-order valence-electron chi connectivity index (χ2n) is 4.39. The van der Waals surface area contributed by atoms with E-state index in [-0.39, 0.29) is 11.3 Å². The van der Waals surface area contributed by atoms with Gasteiger partial charge in [0.05, 0.1) is 5.56 Å². The van der Waals surface area contributed by atoms with Gasteiger partial charge >= 0.3 is 5.97 Å². The van der Waals surface area contributed by atoms with E-state index in [0.29, 0.717) is 0 Å². The van der Waals surface area contributed by atoms with Crippen LogP contribution in [0.1, 0.15) is 31.1 Å². The molecule has 0 aliphatic carbocycles. The summed E-state index contributed by atoms with van der Waals surface area (Å²) >= 11 is 0. The lowest BCUT2D eigenvalue weighted by molar-refractivity contribution is 0.00703. The van der Waals surface area contributed by atoms with E-state index in [9.17, 15) is 9.18 Å². The molecule has 88 valence electrons. The van der Waals surface area contributed by atoms with Gasteiger partial charge in [0.2, 0.25) is 0 Å². The number of nitrogen functional groups attached to an aromatic ring is 1. The van der Waals surface area contributed by atoms with Crippen molar-refractivity contribution in [3.8, 4) is 5.75 Å². The van der Waals surface area contributed by atoms with Crippen molar-refractivity contribution in [2.45, 2.75) is 26.4 Å². The van der Waals surface area contributed by atoms with E-state index in [4.69, 9.17) is 15.6 Å². The third-order valence-corrected chi connectivity index (χ3v) is 1.74. The van der Waals surface area contributed by atoms with Crippen molar-refractivity contribution in [2.75, 3.05) is 5.73 Å². The number of anilines is 1. The molecule has 3 N–H and O–H groups in total. The SMILES string of the molecule is CC(C)(C)OC(=O)c1cc(O)c(F)cc1N. The van der Waals surface area contributed by atoms with Crippen LogP contribution in [0, 0.1) is 5.82 Å². The fourth-order valence-electron chi connectivity index (χ4n) is 1.09. The predicted octanol–water partition coefficient (Wildman–Crippen LogP) is 2.07. The van der Waals surface area contributed by atoms with Crippen LogP contribution < -0.4 is 5.73 Å². The number of carbonyl (C=O) groups excluding carboxylic acids is 1. The molecule has 4 nitrogen and oxygen atoms in total. The fourth-order valence-corrected chi connectivity index (χ4v) is 1.09. The lowest BCUT2D eigenvalue weighted by Gasteiger charge is -2.20. The summed E-state index contributed by atoms with van der Waals surface area (Å²) in [5.41, 5.74) is 4.67. The van der Waals surface area contributed by atoms with Gasteiger partial charge in [-0.25, -0.2) is 9.18 Å². The number of ether oxygens (including phenoxy) is 1. The van der Waals surface area contributed by atoms with Gasteiger partial charge < -0.3 is 15.6 Å². The highest BCUT2D eigenvalue weighted by molar-refractivity contribution is 5.95. The molecule has 0 fully saturated rings. The molecule has 1 rings (SSSR count). The molecule has 5 heteroatoms. The predicted molar refractivity (Wildman–Crippen MR) is 57.6 cm³/mol. The molecule has 16 heavy (non-hydrogen) atoms. The summed E-state index contributed by atoms with van der Waals surface area (Å²) in [6, 6.07) is 1.84. The Morgan fingerprint density at radius 1 is 1.44 bits per heavy atom. The highest BCUT2D eigenvalue weighted by atomic mass is 19.1. The topological polar surface area (TPSA) is 72.5 Å². The van der Waals surface area contributed by atoms with E-state index in [0.717, 1.165) is 12.1 Å². The molecule has 0 radical (unpaired) electrons. The Kier molecular flexibility index (Phi) is 3.07. The van der Waals surface area contributed by atoms with Gasteiger partial charge in [0.1, 0.15) is 5.60 Å². The maximum Gasteiger partial charge on any atom is 0.340 e. The lowest BCUT2D eigenvalue weighted by atomic mass is 10.1. The zero-order valence-corrected chi connectivity index (χ0v) is 9.37. The molecule has 0 aliphatic rings. The molecule has 0 heterocycles. The zero-order valence-electron chi connectivity index (χ0n) is 9.37. The summed E-state index contributed by atoms with van der Waals surface area (Å²) in [6.07, 6.45) is 0. The largest absolute Gasteiger partial charge is 0.505 e. The molecule has 0 unspecified atom stereocenters. The molecule has 0 saturated heterocycles. The van der Waals surface area contributed by atoms with E-state index in [1.165, 1.54) is 0 Å². The summed E-state index contributed by atoms with van der Waals surface area (Å²) in [7, 11) is 0. The van der Waals surface area contributed by atoms with Gasteiger partial charge in [0, 0.05) is 11.8 Å². The van der Waals surface area contributed by atoms with Crippen LogP contribution in [-0.4, -0.2) is 16.7 Å². The summed E-state index contributed by atoms with van der Waals surface area (Å²) in [5.74, 6) is -2.19. The first-order valence-corrected chi connectivity index (χ1v) is 4.72. The Bertz CT molecular complexity index is 424. The number of phenols is 1. The third-order valence-electron chi connectivity index (χ3n) is 1.74. The molecule has 0 amide bonds. The van der Waals surface area contributed by atoms with Crippen molar-refractivity contribution >= 4 is 11.7 Å². The van der Waals surface area contributed by atoms with Crippen molar-refractivity contribution in [2.24, 2.45) is 0 Å². The number of benzene rings is 1. The average molecular weight is 227 g/mol. The Hall–Kier alpha value is -1.78. The van der Waals surface area contributed by atoms with Gasteiger partial charge in [-0.1, -0.05) is 0 Å². The van der Waals surface area contributed by atoms with Crippen molar-refractivity contribution in [1.29, 1.82) is 0 Å². The minimum Gasteiger partial charge on any atom is -0.505 e. The van der Waals surface area contributed by atoms with Crippen molar-refractivity contribution < 1.29 is 19.0 Å². The highest BCUT2D eigenvalue weighted by Crippen LogP contribution is 2.24. The van der Waals surface area contributed by atoms with E-state index in [2.05, 4.69) is 0 Å². The second-order valence-corrected chi connectivity index (χ2v) is 4.39. The van der Waals surface area contributed by atoms with E-state index >= 15 is 0 Å². The van der Waals surface area contributed by atoms with Gasteiger partial charge in [-0.2, -0.15) is 0 Å². The normalized spacial score (nSPS) is 11.2. The number of rotatable bonds is 1. The Morgan fingerprint density at radius 2 is 2.00 bits per heavy atom. The second kappa shape index (κ2) is 4.00. The molecular formula is C11H14FNO3. The van der Waals surface area contributed by atoms with Crippen LogP contribution in [0.15, 0.2) is 12.1 Å². The summed E-state index contributed by atoms with van der Waals surface area (Å²) in [4.78, 5) is 11.6. The first kappa shape index (κ1) is 12.3. The van der Waals surface area contributed by atoms with Gasteiger partial charge in [-0.15, -0.1) is 0 Å². The van der Waals surface area contributed by atoms with E-state index in [1.807, 2.05) is 0 Å². The number of phenolic OH excluding ortho intramolecular Hbond substituents is 1. The molecule has 1 aromatic carbocycles. The molecule has 1 aromatic rings. The molecule has 0 spiro atoms. The highest BCUT2D eigenvalue weighted by Gasteiger charge is 2.21. The van der Waals surface area contributed by atoms with Crippen LogP contribution in [0.4, 0.5) is 10.1 Å². The maximum atomic E-state index is 12.9. The van der Waals surface area contributed by atoms with Crippen molar-refractivity contribution in [1.82, 2.24) is 0 Å². The lowest BCUT2D eigenvalue weighted by Crippen LogP contribution is -2.24. The van der Waals surface area contributed by atoms with Crippen LogP contribution in [0.5, 0.6) is 5.75 Å². The number of hydrogen-bond donors (Lipinski definition) is 2. The minimum absolute atomic E-state index is 0.0474. The third kappa shape index (κ3) is 2.85. The zero-order chi connectivity index (χ0) is 12.5. The van der Waals surface area contributed by atoms with E-state index in [1.54, 1.807) is 20.8 Å². The summed E-state index contributed by atoms with van der Waals surface area (Å²) in [5, 5.41) is 9.13. The minimum atomic E-state index is -0.871. The van der Waals surface area contributed by atoms with Crippen molar-refractivity contribution in [3.05, 3.63) is 23.5 Å². The number of halogens is 1. The molecular weight excluding hydrogens is 213 g/mol. The van der Waals surface area contributed by atoms with Gasteiger partial charge in [-0.3, -0.25) is 0 Å². The van der Waals surface area contributed by atoms with Gasteiger partial charge in [-0.05, 0) is 26.8 Å². The molecule has 0 atom stereocenters. The fraction of sp³-hybridized carbons (Fsp3) is 0.364. The van der Waals surface area contributed by atoms with Gasteiger partial charge in [0.25, 0.3) is 0 Å². The summed E-state index contributed by atoms with van der Waals surface area (Å²) < 4.78 is 17.9. The van der Waals surface area contributed by atoms with Gasteiger partial charge in [0.15, 0.2) is 11.6 Å². The Balaban J connectivity index is 3.05. The number of esters is 1.